The van der Waals surface area contributed by atoms with Crippen LogP contribution in [0.4, 0.5) is 5.82 Å². The van der Waals surface area contributed by atoms with Crippen molar-refractivity contribution in [3.05, 3.63) is 186 Å². The van der Waals surface area contributed by atoms with E-state index in [0.717, 1.165) is 22.4 Å². The Morgan fingerprint density at radius 3 is 2.16 bits per heavy atom. The molecule has 3 heterocycles. The SMILES string of the molecule is COc1ccc(C(SOCc2ccccc2C(=O)OC[C@H]2O[C@@H](n3cnc4c(NC(=O)c5ccccc5)ncnc43)C[C@@H]2O)(c2ccccc2)c2ccccc2)cc1. The monoisotopic (exact) mass is 793 g/mol. The highest BCUT2D eigenvalue weighted by molar-refractivity contribution is 7.96. The molecule has 5 aromatic carbocycles. The van der Waals surface area contributed by atoms with Crippen molar-refractivity contribution in [3.63, 3.8) is 0 Å². The Kier molecular flexibility index (Phi) is 11.6. The molecule has 2 N–H and O–H groups in total. The molecule has 292 valence electrons. The summed E-state index contributed by atoms with van der Waals surface area (Å²) in [6.45, 7) is -0.0927. The minimum Gasteiger partial charge on any atom is -0.497 e. The van der Waals surface area contributed by atoms with E-state index in [-0.39, 0.29) is 31.4 Å². The topological polar surface area (TPSA) is 147 Å². The van der Waals surface area contributed by atoms with Gasteiger partial charge in [0.1, 0.15) is 35.8 Å². The summed E-state index contributed by atoms with van der Waals surface area (Å²) < 4.78 is 24.8. The molecule has 8 rings (SSSR count). The highest BCUT2D eigenvalue weighted by Gasteiger charge is 2.39. The number of methoxy groups -OCH3 is 1. The van der Waals surface area contributed by atoms with E-state index in [2.05, 4.69) is 44.5 Å². The normalized spacial score (nSPS) is 16.6. The number of hydrogen-bond acceptors (Lipinski definition) is 11. The number of anilines is 1. The molecule has 7 aromatic rings. The zero-order chi connectivity index (χ0) is 39.9. The van der Waals surface area contributed by atoms with E-state index < -0.39 is 29.2 Å². The molecule has 12 nitrogen and oxygen atoms in total. The van der Waals surface area contributed by atoms with E-state index in [4.69, 9.17) is 18.4 Å². The molecule has 2 aromatic heterocycles. The Hall–Kier alpha value is -6.38. The number of rotatable bonds is 14. The molecule has 0 radical (unpaired) electrons. The third-order valence-corrected chi connectivity index (χ3v) is 11.2. The highest BCUT2D eigenvalue weighted by atomic mass is 32.2. The van der Waals surface area contributed by atoms with Crippen LogP contribution in [0.25, 0.3) is 11.2 Å². The number of carbonyl (C=O) groups excluding carboxylic acids is 2. The molecule has 1 aliphatic heterocycles. The van der Waals surface area contributed by atoms with Crippen LogP contribution in [0.15, 0.2) is 152 Å². The number of esters is 1. The zero-order valence-electron chi connectivity index (χ0n) is 31.4. The number of nitrogens with zero attached hydrogens (tertiary/aromatic N) is 4. The third kappa shape index (κ3) is 7.93. The van der Waals surface area contributed by atoms with Crippen molar-refractivity contribution < 1.29 is 33.1 Å². The first-order valence-electron chi connectivity index (χ1n) is 18.6. The maximum Gasteiger partial charge on any atom is 0.338 e. The molecule has 13 heteroatoms. The summed E-state index contributed by atoms with van der Waals surface area (Å²) in [4.78, 5) is 39.5. The number of amides is 1. The van der Waals surface area contributed by atoms with Crippen molar-refractivity contribution in [1.29, 1.82) is 0 Å². The van der Waals surface area contributed by atoms with E-state index in [0.29, 0.717) is 27.9 Å². The predicted molar refractivity (Wildman–Crippen MR) is 219 cm³/mol. The summed E-state index contributed by atoms with van der Waals surface area (Å²) in [7, 11) is 1.64. The third-order valence-electron chi connectivity index (χ3n) is 10.0. The van der Waals surface area contributed by atoms with Crippen LogP contribution in [0.3, 0.4) is 0 Å². The molecule has 0 unspecified atom stereocenters. The Bertz CT molecular complexity index is 2450. The van der Waals surface area contributed by atoms with Crippen LogP contribution in [0.2, 0.25) is 0 Å². The number of aliphatic hydroxyl groups excluding tert-OH is 1. The molecule has 1 saturated heterocycles. The smallest absolute Gasteiger partial charge is 0.338 e. The Morgan fingerprint density at radius 1 is 0.828 bits per heavy atom. The van der Waals surface area contributed by atoms with Crippen molar-refractivity contribution in [2.24, 2.45) is 0 Å². The van der Waals surface area contributed by atoms with Crippen LogP contribution < -0.4 is 10.1 Å². The van der Waals surface area contributed by atoms with Gasteiger partial charge < -0.3 is 28.8 Å². The van der Waals surface area contributed by atoms with Gasteiger partial charge in [0.05, 0.1) is 31.7 Å². The van der Waals surface area contributed by atoms with E-state index in [1.165, 1.54) is 24.7 Å². The average molecular weight is 794 g/mol. The quantitative estimate of drug-likeness (QED) is 0.0633. The summed E-state index contributed by atoms with van der Waals surface area (Å²) in [5.41, 5.74) is 5.25. The molecular weight excluding hydrogens is 755 g/mol. The van der Waals surface area contributed by atoms with Crippen LogP contribution in [0.5, 0.6) is 5.75 Å². The Labute approximate surface area is 339 Å². The molecule has 58 heavy (non-hydrogen) atoms. The highest BCUT2D eigenvalue weighted by Crippen LogP contribution is 2.49. The molecule has 0 bridgehead atoms. The molecule has 1 aliphatic rings. The van der Waals surface area contributed by atoms with Gasteiger partial charge in [0, 0.05) is 24.0 Å². The van der Waals surface area contributed by atoms with Crippen molar-refractivity contribution in [2.45, 2.75) is 36.2 Å². The van der Waals surface area contributed by atoms with Crippen LogP contribution in [-0.2, 0) is 25.0 Å². The fourth-order valence-corrected chi connectivity index (χ4v) is 8.10. The van der Waals surface area contributed by atoms with E-state index >= 15 is 0 Å². The van der Waals surface area contributed by atoms with Crippen molar-refractivity contribution >= 4 is 40.9 Å². The number of fused-ring (bicyclic) bond motifs is 1. The second-order valence-corrected chi connectivity index (χ2v) is 14.6. The molecule has 0 saturated carbocycles. The lowest BCUT2D eigenvalue weighted by atomic mass is 9.84. The van der Waals surface area contributed by atoms with Crippen LogP contribution >= 0.6 is 12.0 Å². The first-order chi connectivity index (χ1) is 28.4. The fraction of sp³-hybridized carbons (Fsp3) is 0.178. The van der Waals surface area contributed by atoms with Gasteiger partial charge in [0.25, 0.3) is 5.91 Å². The maximum absolute atomic E-state index is 13.6. The molecule has 0 aliphatic carbocycles. The lowest BCUT2D eigenvalue weighted by Gasteiger charge is -2.34. The van der Waals surface area contributed by atoms with Crippen molar-refractivity contribution in [2.75, 3.05) is 19.0 Å². The fourth-order valence-electron chi connectivity index (χ4n) is 7.04. The first-order valence-corrected chi connectivity index (χ1v) is 19.4. The number of imidazole rings is 1. The Morgan fingerprint density at radius 2 is 1.47 bits per heavy atom. The molecule has 1 amide bonds. The van der Waals surface area contributed by atoms with Gasteiger partial charge in [-0.1, -0.05) is 109 Å². The second kappa shape index (κ2) is 17.4. The van der Waals surface area contributed by atoms with E-state index in [9.17, 15) is 14.7 Å². The predicted octanol–water partition coefficient (Wildman–Crippen LogP) is 7.75. The molecule has 1 fully saturated rings. The lowest BCUT2D eigenvalue weighted by molar-refractivity contribution is -0.0509. The molecule has 3 atom stereocenters. The first kappa shape index (κ1) is 38.5. The minimum atomic E-state index is -0.939. The van der Waals surface area contributed by atoms with Gasteiger partial charge >= 0.3 is 5.97 Å². The van der Waals surface area contributed by atoms with Crippen LogP contribution in [-0.4, -0.2) is 62.4 Å². The maximum atomic E-state index is 13.6. The van der Waals surface area contributed by atoms with Crippen LogP contribution in [0, 0.1) is 0 Å². The molecule has 0 spiro atoms. The summed E-state index contributed by atoms with van der Waals surface area (Å²) >= 11 is 1.31. The summed E-state index contributed by atoms with van der Waals surface area (Å²) in [6, 6.07) is 44.2. The number of benzene rings is 5. The minimum absolute atomic E-state index is 0.0987. The van der Waals surface area contributed by atoms with Gasteiger partial charge in [-0.3, -0.25) is 9.36 Å². The van der Waals surface area contributed by atoms with Gasteiger partial charge in [-0.05, 0) is 52.6 Å². The van der Waals surface area contributed by atoms with Gasteiger partial charge in [0.15, 0.2) is 17.0 Å². The number of ether oxygens (including phenoxy) is 3. The van der Waals surface area contributed by atoms with Gasteiger partial charge in [-0.25, -0.2) is 19.7 Å². The van der Waals surface area contributed by atoms with Gasteiger partial charge in [-0.15, -0.1) is 0 Å². The van der Waals surface area contributed by atoms with Crippen molar-refractivity contribution in [1.82, 2.24) is 19.5 Å². The second-order valence-electron chi connectivity index (χ2n) is 13.5. The Balaban J connectivity index is 0.950. The van der Waals surface area contributed by atoms with Crippen molar-refractivity contribution in [3.8, 4) is 5.75 Å². The van der Waals surface area contributed by atoms with E-state index in [1.807, 2.05) is 78.9 Å². The van der Waals surface area contributed by atoms with E-state index in [1.54, 1.807) is 48.1 Å². The summed E-state index contributed by atoms with van der Waals surface area (Å²) in [6.07, 6.45) is 0.639. The molecular formula is C45H39N5O7S. The number of carbonyl (C=O) groups is 2. The number of aliphatic hydroxyl groups is 1. The average Bonchev–Trinajstić information content (AvgIpc) is 3.89. The number of aromatic nitrogens is 4. The summed E-state index contributed by atoms with van der Waals surface area (Å²) in [5.74, 6) is 0.0790. The number of nitrogens with one attached hydrogen (secondary N) is 1. The van der Waals surface area contributed by atoms with Crippen LogP contribution in [0.1, 0.15) is 55.6 Å². The lowest BCUT2D eigenvalue weighted by Crippen LogP contribution is -2.28. The largest absolute Gasteiger partial charge is 0.497 e. The van der Waals surface area contributed by atoms with Gasteiger partial charge in [0.2, 0.25) is 0 Å². The summed E-state index contributed by atoms with van der Waals surface area (Å²) in [5, 5.41) is 13.8. The standard InChI is InChI=1S/C45H39N5O7S/c1-54-35-23-21-34(22-24-35)45(32-16-7-3-8-17-32,33-18-9-4-10-19-33)58-56-26-31-15-11-12-20-36(31)44(53)55-27-38-37(51)25-39(57-38)50-29-48-40-41(46-28-47-42(40)50)49-43(52)30-13-5-2-6-14-30/h2-24,28-29,37-39,51H,25-27H2,1H3,(H,46,47,49,52)/t37-,38+,39+/m0/s1. The zero-order valence-corrected chi connectivity index (χ0v) is 32.2. The number of hydrogen-bond donors (Lipinski definition) is 2. The van der Waals surface area contributed by atoms with Gasteiger partial charge in [-0.2, -0.15) is 0 Å².